The molecule has 0 bridgehead atoms. The molecule has 0 aliphatic carbocycles. The van der Waals surface area contributed by atoms with Crippen LogP contribution in [0.2, 0.25) is 0 Å². The maximum absolute atomic E-state index is 6.45. The number of aromatic nitrogens is 1. The van der Waals surface area contributed by atoms with E-state index in [2.05, 4.69) is 190 Å². The van der Waals surface area contributed by atoms with Crippen LogP contribution in [-0.2, 0) is 9.31 Å². The van der Waals surface area contributed by atoms with Gasteiger partial charge in [-0.1, -0.05) is 133 Å². The SMILES string of the molecule is CC1(C)OB(c2cccc(-n3c4ccccc4c4cc([Si](c5ccccc5)(c5ccccc5)c5ccccc5)ccc43)c2)OC1(C)C. The van der Waals surface area contributed by atoms with Crippen molar-refractivity contribution in [3.63, 3.8) is 0 Å². The summed E-state index contributed by atoms with van der Waals surface area (Å²) in [6.07, 6.45) is 0. The molecule has 1 aromatic heterocycles. The highest BCUT2D eigenvalue weighted by atomic mass is 28.3. The van der Waals surface area contributed by atoms with Gasteiger partial charge in [0, 0.05) is 16.5 Å². The van der Waals surface area contributed by atoms with Crippen LogP contribution >= 0.6 is 0 Å². The van der Waals surface area contributed by atoms with Crippen molar-refractivity contribution in [2.45, 2.75) is 38.9 Å². The summed E-state index contributed by atoms with van der Waals surface area (Å²) in [4.78, 5) is 0. The largest absolute Gasteiger partial charge is 0.494 e. The molecule has 6 aromatic carbocycles. The van der Waals surface area contributed by atoms with Gasteiger partial charge in [-0.05, 0) is 78.2 Å². The second-order valence-electron chi connectivity index (χ2n) is 13.6. The minimum atomic E-state index is -2.67. The van der Waals surface area contributed by atoms with Gasteiger partial charge in [0.15, 0.2) is 8.07 Å². The molecule has 0 atom stereocenters. The molecule has 2 heterocycles. The monoisotopic (exact) mass is 627 g/mol. The van der Waals surface area contributed by atoms with Crippen LogP contribution in [0.3, 0.4) is 0 Å². The maximum atomic E-state index is 6.45. The van der Waals surface area contributed by atoms with Crippen LogP contribution in [0.5, 0.6) is 0 Å². The van der Waals surface area contributed by atoms with Gasteiger partial charge in [-0.15, -0.1) is 0 Å². The molecule has 1 fully saturated rings. The lowest BCUT2D eigenvalue weighted by Crippen LogP contribution is -2.74. The van der Waals surface area contributed by atoms with Crippen LogP contribution in [0.15, 0.2) is 158 Å². The molecular formula is C42H38BNO2Si. The summed E-state index contributed by atoms with van der Waals surface area (Å²) in [5.74, 6) is 0. The molecule has 8 rings (SSSR count). The van der Waals surface area contributed by atoms with E-state index in [0.717, 1.165) is 11.2 Å². The van der Waals surface area contributed by atoms with Crippen LogP contribution in [0.25, 0.3) is 27.5 Å². The summed E-state index contributed by atoms with van der Waals surface area (Å²) in [5.41, 5.74) is 3.67. The van der Waals surface area contributed by atoms with Crippen molar-refractivity contribution >= 4 is 63.2 Å². The first-order valence-electron chi connectivity index (χ1n) is 16.5. The van der Waals surface area contributed by atoms with Gasteiger partial charge in [0.05, 0.1) is 22.2 Å². The molecule has 0 radical (unpaired) electrons. The Bertz CT molecular complexity index is 2100. The third-order valence-corrected chi connectivity index (χ3v) is 15.2. The number of hydrogen-bond acceptors (Lipinski definition) is 2. The highest BCUT2D eigenvalue weighted by molar-refractivity contribution is 7.20. The van der Waals surface area contributed by atoms with Crippen LogP contribution in [0, 0.1) is 0 Å². The van der Waals surface area contributed by atoms with Gasteiger partial charge >= 0.3 is 7.12 Å². The lowest BCUT2D eigenvalue weighted by atomic mass is 9.79. The zero-order valence-electron chi connectivity index (χ0n) is 27.4. The zero-order chi connectivity index (χ0) is 32.2. The molecule has 230 valence electrons. The Hall–Kier alpha value is -4.68. The van der Waals surface area contributed by atoms with Gasteiger partial charge in [0.1, 0.15) is 0 Å². The van der Waals surface area contributed by atoms with Gasteiger partial charge in [-0.2, -0.15) is 0 Å². The first-order valence-corrected chi connectivity index (χ1v) is 18.5. The molecule has 47 heavy (non-hydrogen) atoms. The number of hydrogen-bond donors (Lipinski definition) is 0. The summed E-state index contributed by atoms with van der Waals surface area (Å²) in [6, 6.07) is 58.0. The molecule has 1 aliphatic rings. The Morgan fingerprint density at radius 1 is 0.468 bits per heavy atom. The van der Waals surface area contributed by atoms with Crippen LogP contribution in [0.1, 0.15) is 27.7 Å². The Morgan fingerprint density at radius 2 is 0.979 bits per heavy atom. The van der Waals surface area contributed by atoms with E-state index in [1.54, 1.807) is 0 Å². The Labute approximate surface area is 278 Å². The molecule has 0 unspecified atom stereocenters. The second-order valence-corrected chi connectivity index (χ2v) is 17.4. The van der Waals surface area contributed by atoms with E-state index in [-0.39, 0.29) is 0 Å². The topological polar surface area (TPSA) is 23.4 Å². The van der Waals surface area contributed by atoms with E-state index in [0.29, 0.717) is 0 Å². The maximum Gasteiger partial charge on any atom is 0.494 e. The van der Waals surface area contributed by atoms with E-state index in [1.165, 1.54) is 42.6 Å². The van der Waals surface area contributed by atoms with E-state index in [9.17, 15) is 0 Å². The van der Waals surface area contributed by atoms with Gasteiger partial charge in [-0.3, -0.25) is 0 Å². The number of para-hydroxylation sites is 1. The zero-order valence-corrected chi connectivity index (χ0v) is 28.4. The predicted octanol–water partition coefficient (Wildman–Crippen LogP) is 6.46. The standard InChI is InChI=1S/C42H38BNO2Si/c1-41(2)42(3,4)46-43(45-41)31-17-16-18-32(29-31)44-39-26-15-14-25-37(39)38-30-36(27-28-40(38)44)47(33-19-8-5-9-20-33,34-21-10-6-11-22-34)35-23-12-7-13-24-35/h5-30H,1-4H3. The predicted molar refractivity (Wildman–Crippen MR) is 200 cm³/mol. The molecule has 5 heteroatoms. The van der Waals surface area contributed by atoms with Gasteiger partial charge in [0.25, 0.3) is 0 Å². The third kappa shape index (κ3) is 4.72. The highest BCUT2D eigenvalue weighted by Gasteiger charge is 2.51. The number of fused-ring (bicyclic) bond motifs is 3. The fourth-order valence-corrected chi connectivity index (χ4v) is 12.1. The lowest BCUT2D eigenvalue weighted by Gasteiger charge is -2.34. The Kier molecular flexibility index (Phi) is 7.10. The lowest BCUT2D eigenvalue weighted by molar-refractivity contribution is 0.00578. The van der Waals surface area contributed by atoms with E-state index in [1.807, 2.05) is 0 Å². The van der Waals surface area contributed by atoms with Crippen molar-refractivity contribution in [1.29, 1.82) is 0 Å². The van der Waals surface area contributed by atoms with Crippen LogP contribution in [0.4, 0.5) is 0 Å². The molecular weight excluding hydrogens is 589 g/mol. The van der Waals surface area contributed by atoms with Crippen molar-refractivity contribution in [3.8, 4) is 5.69 Å². The second kappa shape index (κ2) is 11.2. The molecule has 1 saturated heterocycles. The van der Waals surface area contributed by atoms with Gasteiger partial charge < -0.3 is 13.9 Å². The molecule has 0 saturated carbocycles. The molecule has 0 amide bonds. The van der Waals surface area contributed by atoms with Crippen molar-refractivity contribution in [1.82, 2.24) is 4.57 Å². The molecule has 3 nitrogen and oxygen atoms in total. The summed E-state index contributed by atoms with van der Waals surface area (Å²) in [6.45, 7) is 8.41. The van der Waals surface area contributed by atoms with E-state index >= 15 is 0 Å². The Morgan fingerprint density at radius 3 is 1.55 bits per heavy atom. The summed E-state index contributed by atoms with van der Waals surface area (Å²) in [7, 11) is -3.09. The van der Waals surface area contributed by atoms with Crippen molar-refractivity contribution in [2.24, 2.45) is 0 Å². The smallest absolute Gasteiger partial charge is 0.399 e. The quantitative estimate of drug-likeness (QED) is 0.156. The van der Waals surface area contributed by atoms with Crippen molar-refractivity contribution in [2.75, 3.05) is 0 Å². The highest BCUT2D eigenvalue weighted by Crippen LogP contribution is 2.37. The minimum absolute atomic E-state index is 0.399. The van der Waals surface area contributed by atoms with Gasteiger partial charge in [-0.25, -0.2) is 0 Å². The molecule has 0 spiro atoms. The van der Waals surface area contributed by atoms with E-state index < -0.39 is 26.4 Å². The average Bonchev–Trinajstić information content (AvgIpc) is 3.55. The summed E-state index contributed by atoms with van der Waals surface area (Å²) in [5, 5.41) is 7.96. The van der Waals surface area contributed by atoms with Crippen LogP contribution < -0.4 is 26.2 Å². The summed E-state index contributed by atoms with van der Waals surface area (Å²) < 4.78 is 15.3. The molecule has 7 aromatic rings. The number of benzene rings is 6. The molecule has 1 aliphatic heterocycles. The van der Waals surface area contributed by atoms with Gasteiger partial charge in [0.2, 0.25) is 0 Å². The molecule has 0 N–H and O–H groups in total. The average molecular weight is 628 g/mol. The van der Waals surface area contributed by atoms with Crippen LogP contribution in [-0.4, -0.2) is 31.0 Å². The Balaban J connectivity index is 1.37. The normalized spacial score (nSPS) is 15.8. The number of nitrogens with zero attached hydrogens (tertiary/aromatic N) is 1. The first-order chi connectivity index (χ1) is 22.8. The fraction of sp³-hybridized carbons (Fsp3) is 0.143. The number of rotatable bonds is 6. The van der Waals surface area contributed by atoms with Crippen molar-refractivity contribution in [3.05, 3.63) is 158 Å². The van der Waals surface area contributed by atoms with Crippen molar-refractivity contribution < 1.29 is 9.31 Å². The third-order valence-electron chi connectivity index (χ3n) is 10.4. The fourth-order valence-electron chi connectivity index (χ4n) is 7.34. The van der Waals surface area contributed by atoms with E-state index in [4.69, 9.17) is 9.31 Å². The summed E-state index contributed by atoms with van der Waals surface area (Å²) >= 11 is 0. The minimum Gasteiger partial charge on any atom is -0.399 e. The first kappa shape index (κ1) is 29.7.